The average molecular weight is 200 g/mol. The molecule has 0 aliphatic carbocycles. The van der Waals surface area contributed by atoms with Crippen LogP contribution in [0.2, 0.25) is 0 Å². The smallest absolute Gasteiger partial charge is 0.130 e. The first-order chi connectivity index (χ1) is 6.45. The first kappa shape index (κ1) is 12.9. The van der Waals surface area contributed by atoms with Gasteiger partial charge in [0.2, 0.25) is 0 Å². The molecule has 82 valence electrons. The van der Waals surface area contributed by atoms with E-state index in [2.05, 4.69) is 0 Å². The SMILES string of the molecule is N=C(N)C(N)(CCCCCN)C(=N)N. The fourth-order valence-corrected chi connectivity index (χ4v) is 1.14. The minimum absolute atomic E-state index is 0.252. The summed E-state index contributed by atoms with van der Waals surface area (Å²) in [4.78, 5) is 0. The van der Waals surface area contributed by atoms with Gasteiger partial charge in [0.1, 0.15) is 17.2 Å². The zero-order valence-electron chi connectivity index (χ0n) is 8.34. The number of hydrogen-bond acceptors (Lipinski definition) is 4. The Balaban J connectivity index is 4.12. The standard InChI is InChI=1S/C8H20N6/c9-5-3-1-2-4-8(14,6(10)11)7(12)13/h1-5,9,14H2,(H3,10,11)(H3,12,13). The highest BCUT2D eigenvalue weighted by molar-refractivity contribution is 6.10. The average Bonchev–Trinajstić information content (AvgIpc) is 2.11. The first-order valence-corrected chi connectivity index (χ1v) is 4.63. The van der Waals surface area contributed by atoms with Gasteiger partial charge in [-0.3, -0.25) is 10.8 Å². The highest BCUT2D eigenvalue weighted by Gasteiger charge is 2.31. The van der Waals surface area contributed by atoms with Gasteiger partial charge in [0.25, 0.3) is 0 Å². The molecular weight excluding hydrogens is 180 g/mol. The molecule has 0 aromatic carbocycles. The maximum Gasteiger partial charge on any atom is 0.130 e. The third-order valence-corrected chi connectivity index (χ3v) is 2.24. The van der Waals surface area contributed by atoms with Crippen molar-refractivity contribution in [2.45, 2.75) is 31.2 Å². The zero-order chi connectivity index (χ0) is 11.2. The van der Waals surface area contributed by atoms with Crippen LogP contribution in [-0.2, 0) is 0 Å². The molecule has 0 bridgehead atoms. The van der Waals surface area contributed by atoms with E-state index in [0.29, 0.717) is 13.0 Å². The molecule has 0 radical (unpaired) electrons. The van der Waals surface area contributed by atoms with Crippen molar-refractivity contribution in [1.29, 1.82) is 10.8 Å². The lowest BCUT2D eigenvalue weighted by Crippen LogP contribution is -2.60. The summed E-state index contributed by atoms with van der Waals surface area (Å²) in [5, 5.41) is 14.5. The van der Waals surface area contributed by atoms with Crippen molar-refractivity contribution in [3.63, 3.8) is 0 Å². The number of nitrogens with one attached hydrogen (secondary N) is 2. The summed E-state index contributed by atoms with van der Waals surface area (Å²) >= 11 is 0. The molecule has 14 heavy (non-hydrogen) atoms. The second-order valence-corrected chi connectivity index (χ2v) is 3.40. The molecule has 0 saturated carbocycles. The second kappa shape index (κ2) is 5.56. The predicted octanol–water partition coefficient (Wildman–Crippen LogP) is -0.925. The summed E-state index contributed by atoms with van der Waals surface area (Å²) in [6.45, 7) is 0.637. The molecule has 0 aromatic rings. The van der Waals surface area contributed by atoms with Gasteiger partial charge in [-0.1, -0.05) is 12.8 Å². The Bertz CT molecular complexity index is 198. The van der Waals surface area contributed by atoms with E-state index in [1.54, 1.807) is 0 Å². The maximum absolute atomic E-state index is 7.27. The monoisotopic (exact) mass is 200 g/mol. The minimum atomic E-state index is -1.27. The Morgan fingerprint density at radius 2 is 1.50 bits per heavy atom. The molecular formula is C8H20N6. The molecule has 0 aliphatic heterocycles. The highest BCUT2D eigenvalue weighted by Crippen LogP contribution is 2.11. The zero-order valence-corrected chi connectivity index (χ0v) is 8.34. The van der Waals surface area contributed by atoms with Crippen molar-refractivity contribution in [2.75, 3.05) is 6.54 Å². The largest absolute Gasteiger partial charge is 0.386 e. The Morgan fingerprint density at radius 1 is 1.00 bits per heavy atom. The van der Waals surface area contributed by atoms with Gasteiger partial charge in [0.15, 0.2) is 0 Å². The van der Waals surface area contributed by atoms with Crippen LogP contribution in [0, 0.1) is 10.8 Å². The van der Waals surface area contributed by atoms with Crippen molar-refractivity contribution < 1.29 is 0 Å². The molecule has 0 fully saturated rings. The Labute approximate surface area is 84.0 Å². The topological polar surface area (TPSA) is 152 Å². The van der Waals surface area contributed by atoms with Crippen LogP contribution >= 0.6 is 0 Å². The molecule has 10 N–H and O–H groups in total. The molecule has 6 nitrogen and oxygen atoms in total. The lowest BCUT2D eigenvalue weighted by molar-refractivity contribution is 0.569. The van der Waals surface area contributed by atoms with Crippen LogP contribution in [-0.4, -0.2) is 23.8 Å². The molecule has 0 rings (SSSR count). The predicted molar refractivity (Wildman–Crippen MR) is 58.3 cm³/mol. The van der Waals surface area contributed by atoms with E-state index in [4.69, 9.17) is 33.8 Å². The summed E-state index contributed by atoms with van der Waals surface area (Å²) in [6, 6.07) is 0. The van der Waals surface area contributed by atoms with Crippen LogP contribution in [0.3, 0.4) is 0 Å². The number of nitrogens with two attached hydrogens (primary N) is 4. The molecule has 0 saturated heterocycles. The van der Waals surface area contributed by atoms with Gasteiger partial charge in [-0.05, 0) is 19.4 Å². The van der Waals surface area contributed by atoms with E-state index < -0.39 is 5.54 Å². The molecule has 0 amide bonds. The van der Waals surface area contributed by atoms with Gasteiger partial charge in [0.05, 0.1) is 0 Å². The number of unbranched alkanes of at least 4 members (excludes halogenated alkanes) is 2. The number of hydrogen-bond donors (Lipinski definition) is 6. The quantitative estimate of drug-likeness (QED) is 0.179. The third kappa shape index (κ3) is 3.31. The maximum atomic E-state index is 7.27. The van der Waals surface area contributed by atoms with Crippen molar-refractivity contribution in [3.8, 4) is 0 Å². The third-order valence-electron chi connectivity index (χ3n) is 2.24. The summed E-state index contributed by atoms with van der Waals surface area (Å²) in [7, 11) is 0. The summed E-state index contributed by atoms with van der Waals surface area (Å²) in [5.41, 5.74) is 20.4. The van der Waals surface area contributed by atoms with Gasteiger partial charge in [-0.15, -0.1) is 0 Å². The van der Waals surface area contributed by atoms with Crippen LogP contribution in [0.5, 0.6) is 0 Å². The van der Waals surface area contributed by atoms with Crippen LogP contribution in [0.4, 0.5) is 0 Å². The fourth-order valence-electron chi connectivity index (χ4n) is 1.14. The normalized spacial score (nSPS) is 14.7. The Kier molecular flexibility index (Phi) is 5.11. The van der Waals surface area contributed by atoms with Gasteiger partial charge in [-0.2, -0.15) is 0 Å². The first-order valence-electron chi connectivity index (χ1n) is 4.63. The van der Waals surface area contributed by atoms with Gasteiger partial charge < -0.3 is 22.9 Å². The Morgan fingerprint density at radius 3 is 1.86 bits per heavy atom. The van der Waals surface area contributed by atoms with Crippen LogP contribution < -0.4 is 22.9 Å². The van der Waals surface area contributed by atoms with E-state index in [1.165, 1.54) is 0 Å². The van der Waals surface area contributed by atoms with Gasteiger partial charge in [-0.25, -0.2) is 0 Å². The van der Waals surface area contributed by atoms with Crippen LogP contribution in [0.25, 0.3) is 0 Å². The molecule has 6 heteroatoms. The number of amidine groups is 2. The lowest BCUT2D eigenvalue weighted by Gasteiger charge is -2.26. The van der Waals surface area contributed by atoms with Crippen LogP contribution in [0.1, 0.15) is 25.7 Å². The van der Waals surface area contributed by atoms with E-state index in [-0.39, 0.29) is 11.7 Å². The fraction of sp³-hybridized carbons (Fsp3) is 0.750. The van der Waals surface area contributed by atoms with Crippen molar-refractivity contribution >= 4 is 11.7 Å². The summed E-state index contributed by atoms with van der Waals surface area (Å²) in [5.74, 6) is -0.504. The minimum Gasteiger partial charge on any atom is -0.386 e. The molecule has 0 aliphatic rings. The van der Waals surface area contributed by atoms with Gasteiger partial charge in [0, 0.05) is 0 Å². The summed E-state index contributed by atoms with van der Waals surface area (Å²) < 4.78 is 0. The van der Waals surface area contributed by atoms with Crippen molar-refractivity contribution in [2.24, 2.45) is 22.9 Å². The summed E-state index contributed by atoms with van der Waals surface area (Å²) in [6.07, 6.45) is 3.02. The van der Waals surface area contributed by atoms with E-state index in [0.717, 1.165) is 19.3 Å². The highest BCUT2D eigenvalue weighted by atomic mass is 15.0. The number of rotatable bonds is 7. The molecule has 0 atom stereocenters. The molecule has 0 aromatic heterocycles. The van der Waals surface area contributed by atoms with E-state index in [9.17, 15) is 0 Å². The van der Waals surface area contributed by atoms with Crippen molar-refractivity contribution in [3.05, 3.63) is 0 Å². The van der Waals surface area contributed by atoms with Crippen LogP contribution in [0.15, 0.2) is 0 Å². The second-order valence-electron chi connectivity index (χ2n) is 3.40. The van der Waals surface area contributed by atoms with Gasteiger partial charge >= 0.3 is 0 Å². The van der Waals surface area contributed by atoms with Crippen molar-refractivity contribution in [1.82, 2.24) is 0 Å². The van der Waals surface area contributed by atoms with E-state index >= 15 is 0 Å². The van der Waals surface area contributed by atoms with E-state index in [1.807, 2.05) is 0 Å². The molecule has 0 unspecified atom stereocenters. The Hall–Kier alpha value is -1.14. The molecule has 0 heterocycles. The lowest BCUT2D eigenvalue weighted by atomic mass is 9.91. The molecule has 0 spiro atoms.